The van der Waals surface area contributed by atoms with Crippen LogP contribution in [0.1, 0.15) is 23.1 Å². The van der Waals surface area contributed by atoms with Gasteiger partial charge < -0.3 is 4.55 Å². The zero-order valence-corrected chi connectivity index (χ0v) is 11.7. The maximum atomic E-state index is 12.7. The molecule has 0 saturated carbocycles. The molecule has 0 amide bonds. The summed E-state index contributed by atoms with van der Waals surface area (Å²) in [6.45, 7) is 2.10. The Bertz CT molecular complexity index is 616. The van der Waals surface area contributed by atoms with Crippen molar-refractivity contribution in [3.8, 4) is 0 Å². The number of hydrogen-bond acceptors (Lipinski definition) is 1. The number of fused-ring (bicyclic) bond motifs is 1. The topological polar surface area (TPSA) is 23.1 Å². The third kappa shape index (κ3) is 2.46. The van der Waals surface area contributed by atoms with Crippen LogP contribution in [0.2, 0.25) is 0 Å². The monoisotopic (exact) mass is 268 g/mol. The summed E-state index contributed by atoms with van der Waals surface area (Å²) in [4.78, 5) is 1.84. The standard InChI is InChI=1S/C17H16OS/c1-13-10-11-16-14(12-13)6-5-9-17(16)19(18)15-7-3-2-4-8-15/h2-4,7-12H,5-6H2,1H3. The van der Waals surface area contributed by atoms with Crippen molar-refractivity contribution in [2.24, 2.45) is 0 Å². The molecule has 0 radical (unpaired) electrons. The van der Waals surface area contributed by atoms with E-state index in [1.54, 1.807) is 0 Å². The van der Waals surface area contributed by atoms with Crippen molar-refractivity contribution < 1.29 is 4.55 Å². The maximum Gasteiger partial charge on any atom is 0.161 e. The molecule has 0 aromatic heterocycles. The fraction of sp³-hybridized carbons (Fsp3) is 0.176. The molecule has 2 aromatic rings. The summed E-state index contributed by atoms with van der Waals surface area (Å²) in [5.74, 6) is 0. The smallest absolute Gasteiger partial charge is 0.161 e. The molecule has 1 nitrogen and oxygen atoms in total. The molecule has 19 heavy (non-hydrogen) atoms. The van der Waals surface area contributed by atoms with Crippen LogP contribution in [0.3, 0.4) is 0 Å². The van der Waals surface area contributed by atoms with Gasteiger partial charge in [-0.3, -0.25) is 0 Å². The van der Waals surface area contributed by atoms with Crippen molar-refractivity contribution in [2.75, 3.05) is 0 Å². The Morgan fingerprint density at radius 3 is 2.63 bits per heavy atom. The summed E-state index contributed by atoms with van der Waals surface area (Å²) in [5.41, 5.74) is 3.74. The molecule has 3 rings (SSSR count). The first-order chi connectivity index (χ1) is 9.25. The van der Waals surface area contributed by atoms with Crippen molar-refractivity contribution in [1.82, 2.24) is 0 Å². The van der Waals surface area contributed by atoms with Crippen LogP contribution in [0.15, 0.2) is 59.5 Å². The van der Waals surface area contributed by atoms with Crippen LogP contribution in [0.5, 0.6) is 0 Å². The van der Waals surface area contributed by atoms with Gasteiger partial charge in [0, 0.05) is 16.7 Å². The summed E-state index contributed by atoms with van der Waals surface area (Å²) in [5, 5.41) is 0. The fourth-order valence-corrected chi connectivity index (χ4v) is 3.81. The number of allylic oxidation sites excluding steroid dienone is 1. The van der Waals surface area contributed by atoms with E-state index >= 15 is 0 Å². The van der Waals surface area contributed by atoms with Gasteiger partial charge in [-0.05, 0) is 49.6 Å². The Balaban J connectivity index is 2.01. The maximum absolute atomic E-state index is 12.7. The third-order valence-electron chi connectivity index (χ3n) is 3.43. The van der Waals surface area contributed by atoms with Gasteiger partial charge in [-0.25, -0.2) is 0 Å². The molecular formula is C17H16OS. The first-order valence-electron chi connectivity index (χ1n) is 6.52. The number of rotatable bonds is 2. The van der Waals surface area contributed by atoms with E-state index in [1.807, 2.05) is 30.3 Å². The lowest BCUT2D eigenvalue weighted by molar-refractivity contribution is 0.604. The zero-order valence-electron chi connectivity index (χ0n) is 10.9. The first-order valence-corrected chi connectivity index (χ1v) is 7.67. The molecule has 0 bridgehead atoms. The minimum Gasteiger partial charge on any atom is -0.606 e. The van der Waals surface area contributed by atoms with Crippen LogP contribution in [0.4, 0.5) is 0 Å². The summed E-state index contributed by atoms with van der Waals surface area (Å²) < 4.78 is 12.7. The Morgan fingerprint density at radius 1 is 1.05 bits per heavy atom. The van der Waals surface area contributed by atoms with Gasteiger partial charge >= 0.3 is 0 Å². The lowest BCUT2D eigenvalue weighted by Gasteiger charge is -2.20. The van der Waals surface area contributed by atoms with Gasteiger partial charge in [0.25, 0.3) is 0 Å². The molecule has 0 saturated heterocycles. The molecule has 0 spiro atoms. The fourth-order valence-electron chi connectivity index (χ4n) is 2.49. The third-order valence-corrected chi connectivity index (χ3v) is 4.91. The molecule has 1 aliphatic carbocycles. The van der Waals surface area contributed by atoms with Gasteiger partial charge in [-0.15, -0.1) is 0 Å². The number of aryl methyl sites for hydroxylation is 2. The SMILES string of the molecule is Cc1ccc2c(c1)CCC=C2[S+]([O-])c1ccccc1. The minimum atomic E-state index is -1.08. The zero-order chi connectivity index (χ0) is 13.2. The summed E-state index contributed by atoms with van der Waals surface area (Å²) >= 11 is -1.08. The Labute approximate surface area is 117 Å². The summed E-state index contributed by atoms with van der Waals surface area (Å²) in [6, 6.07) is 16.1. The van der Waals surface area contributed by atoms with Crippen LogP contribution < -0.4 is 0 Å². The van der Waals surface area contributed by atoms with Gasteiger partial charge in [0.1, 0.15) is 0 Å². The number of hydrogen-bond donors (Lipinski definition) is 0. The van der Waals surface area contributed by atoms with Gasteiger partial charge in [0.05, 0.1) is 0 Å². The van der Waals surface area contributed by atoms with Crippen molar-refractivity contribution in [2.45, 2.75) is 24.7 Å². The van der Waals surface area contributed by atoms with E-state index in [2.05, 4.69) is 31.2 Å². The Morgan fingerprint density at radius 2 is 1.84 bits per heavy atom. The lowest BCUT2D eigenvalue weighted by atomic mass is 9.95. The van der Waals surface area contributed by atoms with Crippen molar-refractivity contribution in [1.29, 1.82) is 0 Å². The molecule has 1 unspecified atom stereocenters. The minimum absolute atomic E-state index is 0.877. The van der Waals surface area contributed by atoms with Gasteiger partial charge in [0.15, 0.2) is 9.80 Å². The predicted octanol–water partition coefficient (Wildman–Crippen LogP) is 4.09. The second kappa shape index (κ2) is 5.24. The molecular weight excluding hydrogens is 252 g/mol. The predicted molar refractivity (Wildman–Crippen MR) is 80.3 cm³/mol. The van der Waals surface area contributed by atoms with Gasteiger partial charge in [-0.2, -0.15) is 0 Å². The Kier molecular flexibility index (Phi) is 3.45. The van der Waals surface area contributed by atoms with Crippen molar-refractivity contribution in [3.63, 3.8) is 0 Å². The van der Waals surface area contributed by atoms with E-state index < -0.39 is 11.2 Å². The van der Waals surface area contributed by atoms with E-state index in [4.69, 9.17) is 0 Å². The van der Waals surface area contributed by atoms with Crippen LogP contribution in [0, 0.1) is 6.92 Å². The second-order valence-corrected chi connectivity index (χ2v) is 6.30. The molecule has 1 atom stereocenters. The van der Waals surface area contributed by atoms with Crippen molar-refractivity contribution in [3.05, 3.63) is 71.3 Å². The Hall–Kier alpha value is -1.51. The van der Waals surface area contributed by atoms with E-state index in [-0.39, 0.29) is 0 Å². The van der Waals surface area contributed by atoms with Crippen LogP contribution in [-0.2, 0) is 17.6 Å². The largest absolute Gasteiger partial charge is 0.606 e. The molecule has 0 heterocycles. The lowest BCUT2D eigenvalue weighted by Crippen LogP contribution is -2.09. The number of benzene rings is 2. The van der Waals surface area contributed by atoms with Gasteiger partial charge in [0.2, 0.25) is 0 Å². The molecule has 96 valence electrons. The summed E-state index contributed by atoms with van der Waals surface area (Å²) in [6.07, 6.45) is 4.15. The molecule has 0 aliphatic heterocycles. The quantitative estimate of drug-likeness (QED) is 0.752. The van der Waals surface area contributed by atoms with Crippen LogP contribution >= 0.6 is 0 Å². The first kappa shape index (κ1) is 12.5. The summed E-state index contributed by atoms with van der Waals surface area (Å²) in [7, 11) is 0. The highest BCUT2D eigenvalue weighted by molar-refractivity contribution is 8.00. The molecule has 2 aromatic carbocycles. The second-order valence-electron chi connectivity index (χ2n) is 4.85. The highest BCUT2D eigenvalue weighted by Crippen LogP contribution is 2.34. The molecule has 1 aliphatic rings. The van der Waals surface area contributed by atoms with Crippen molar-refractivity contribution >= 4 is 16.1 Å². The normalized spacial score (nSPS) is 15.6. The highest BCUT2D eigenvalue weighted by Gasteiger charge is 2.24. The van der Waals surface area contributed by atoms with E-state index in [9.17, 15) is 4.55 Å². The molecule has 0 N–H and O–H groups in total. The average Bonchev–Trinajstić information content (AvgIpc) is 2.46. The van der Waals surface area contributed by atoms with E-state index in [1.165, 1.54) is 11.1 Å². The van der Waals surface area contributed by atoms with E-state index in [0.29, 0.717) is 0 Å². The average molecular weight is 268 g/mol. The van der Waals surface area contributed by atoms with E-state index in [0.717, 1.165) is 28.2 Å². The molecule has 0 fully saturated rings. The molecule has 2 heteroatoms. The van der Waals surface area contributed by atoms with Crippen LogP contribution in [-0.4, -0.2) is 4.55 Å². The highest BCUT2D eigenvalue weighted by atomic mass is 32.2. The van der Waals surface area contributed by atoms with Crippen LogP contribution in [0.25, 0.3) is 4.91 Å². The van der Waals surface area contributed by atoms with Gasteiger partial charge in [-0.1, -0.05) is 35.9 Å².